The summed E-state index contributed by atoms with van der Waals surface area (Å²) in [5.74, 6) is -3.35. The third-order valence-corrected chi connectivity index (χ3v) is 4.29. The largest absolute Gasteiger partial charge is 0.453 e. The molecule has 12 heteroatoms. The van der Waals surface area contributed by atoms with Crippen LogP contribution in [-0.4, -0.2) is 23.2 Å². The summed E-state index contributed by atoms with van der Waals surface area (Å²) in [6.45, 7) is 1.56. The lowest BCUT2D eigenvalue weighted by molar-refractivity contribution is -0.144. The molecule has 126 valence electrons. The minimum absolute atomic E-state index is 0.0657. The molecule has 1 aromatic carbocycles. The predicted octanol–water partition coefficient (Wildman–Crippen LogP) is 2.50. The molecule has 0 unspecified atom stereocenters. The standard InChI is InChI=1S/C11H9ClF4N4O2S/c1-2-5-3-6(13)7(4-8(5)23(12,21)22)20-10(17)18-9(19-20)11(14,15)16/h3-4H,2H2,1H3,(H2,17,18,19). The summed E-state index contributed by atoms with van der Waals surface area (Å²) in [7, 11) is 1.02. The van der Waals surface area contributed by atoms with E-state index < -0.39 is 43.4 Å². The van der Waals surface area contributed by atoms with E-state index in [0.29, 0.717) is 4.68 Å². The minimum Gasteiger partial charge on any atom is -0.368 e. The Kier molecular flexibility index (Phi) is 4.28. The second-order valence-corrected chi connectivity index (χ2v) is 6.94. The van der Waals surface area contributed by atoms with Crippen molar-refractivity contribution < 1.29 is 26.0 Å². The fourth-order valence-corrected chi connectivity index (χ4v) is 3.07. The molecule has 2 N–H and O–H groups in total. The number of nitrogens with zero attached hydrogens (tertiary/aromatic N) is 3. The highest BCUT2D eigenvalue weighted by Crippen LogP contribution is 2.30. The van der Waals surface area contributed by atoms with Gasteiger partial charge in [-0.1, -0.05) is 6.92 Å². The Hall–Kier alpha value is -1.88. The minimum atomic E-state index is -4.89. The maximum atomic E-state index is 14.1. The quantitative estimate of drug-likeness (QED) is 0.660. The van der Waals surface area contributed by atoms with Crippen LogP contribution in [0.5, 0.6) is 0 Å². The fourth-order valence-electron chi connectivity index (χ4n) is 1.87. The van der Waals surface area contributed by atoms with Crippen molar-refractivity contribution in [3.63, 3.8) is 0 Å². The van der Waals surface area contributed by atoms with Gasteiger partial charge in [0.05, 0.1) is 4.90 Å². The van der Waals surface area contributed by atoms with Crippen molar-refractivity contribution in [2.45, 2.75) is 24.4 Å². The third kappa shape index (κ3) is 3.39. The van der Waals surface area contributed by atoms with Gasteiger partial charge in [0.15, 0.2) is 0 Å². The molecule has 0 atom stereocenters. The van der Waals surface area contributed by atoms with Gasteiger partial charge >= 0.3 is 6.18 Å². The lowest BCUT2D eigenvalue weighted by atomic mass is 10.1. The molecule has 0 fully saturated rings. The van der Waals surface area contributed by atoms with Gasteiger partial charge in [0.2, 0.25) is 5.95 Å². The molecule has 0 spiro atoms. The monoisotopic (exact) mass is 372 g/mol. The van der Waals surface area contributed by atoms with E-state index in [2.05, 4.69) is 10.1 Å². The van der Waals surface area contributed by atoms with Gasteiger partial charge in [-0.3, -0.25) is 0 Å². The van der Waals surface area contributed by atoms with Crippen LogP contribution in [-0.2, 0) is 21.6 Å². The van der Waals surface area contributed by atoms with Crippen LogP contribution in [0.25, 0.3) is 5.69 Å². The van der Waals surface area contributed by atoms with Gasteiger partial charge in [0, 0.05) is 10.7 Å². The van der Waals surface area contributed by atoms with Crippen LogP contribution in [0.3, 0.4) is 0 Å². The predicted molar refractivity (Wildman–Crippen MR) is 73.1 cm³/mol. The number of aryl methyl sites for hydroxylation is 1. The molecule has 0 amide bonds. The second-order valence-electron chi connectivity index (χ2n) is 4.41. The van der Waals surface area contributed by atoms with Gasteiger partial charge < -0.3 is 5.73 Å². The van der Waals surface area contributed by atoms with Crippen molar-refractivity contribution in [2.24, 2.45) is 0 Å². The summed E-state index contributed by atoms with van der Waals surface area (Å²) in [5, 5.41) is 3.07. The topological polar surface area (TPSA) is 90.9 Å². The van der Waals surface area contributed by atoms with E-state index in [1.165, 1.54) is 0 Å². The molecule has 2 rings (SSSR count). The first kappa shape index (κ1) is 17.5. The van der Waals surface area contributed by atoms with Crippen molar-refractivity contribution in [3.8, 4) is 5.69 Å². The molecule has 0 aliphatic heterocycles. The zero-order chi connectivity index (χ0) is 17.6. The molecule has 23 heavy (non-hydrogen) atoms. The number of nitrogens with two attached hydrogens (primary N) is 1. The van der Waals surface area contributed by atoms with Crippen LogP contribution in [0, 0.1) is 5.82 Å². The van der Waals surface area contributed by atoms with Crippen LogP contribution in [0.15, 0.2) is 17.0 Å². The lowest BCUT2D eigenvalue weighted by Gasteiger charge is -2.10. The van der Waals surface area contributed by atoms with Crippen molar-refractivity contribution >= 4 is 25.7 Å². The summed E-state index contributed by atoms with van der Waals surface area (Å²) < 4.78 is 75.3. The normalized spacial score (nSPS) is 12.6. The van der Waals surface area contributed by atoms with Gasteiger partial charge in [-0.2, -0.15) is 22.8 Å². The van der Waals surface area contributed by atoms with Crippen molar-refractivity contribution in [3.05, 3.63) is 29.3 Å². The number of hydrogen-bond donors (Lipinski definition) is 1. The molecule has 1 heterocycles. The van der Waals surface area contributed by atoms with Crippen LogP contribution < -0.4 is 5.73 Å². The number of rotatable bonds is 3. The van der Waals surface area contributed by atoms with Crippen LogP contribution in [0.4, 0.5) is 23.5 Å². The lowest BCUT2D eigenvalue weighted by Crippen LogP contribution is -2.10. The smallest absolute Gasteiger partial charge is 0.368 e. The fraction of sp³-hybridized carbons (Fsp3) is 0.273. The molecular weight excluding hydrogens is 364 g/mol. The Bertz CT molecular complexity index is 864. The average molecular weight is 373 g/mol. The van der Waals surface area contributed by atoms with E-state index in [-0.39, 0.29) is 12.0 Å². The van der Waals surface area contributed by atoms with E-state index in [0.717, 1.165) is 12.1 Å². The third-order valence-electron chi connectivity index (χ3n) is 2.89. The van der Waals surface area contributed by atoms with Crippen LogP contribution in [0.2, 0.25) is 0 Å². The van der Waals surface area contributed by atoms with Crippen molar-refractivity contribution in [2.75, 3.05) is 5.73 Å². The summed E-state index contributed by atoms with van der Waals surface area (Å²) in [6, 6.07) is 1.61. The van der Waals surface area contributed by atoms with Gasteiger partial charge in [0.25, 0.3) is 14.9 Å². The van der Waals surface area contributed by atoms with E-state index in [9.17, 15) is 26.0 Å². The Morgan fingerprint density at radius 3 is 2.39 bits per heavy atom. The number of anilines is 1. The molecule has 0 bridgehead atoms. The highest BCUT2D eigenvalue weighted by atomic mass is 35.7. The number of hydrogen-bond acceptors (Lipinski definition) is 5. The van der Waals surface area contributed by atoms with Crippen molar-refractivity contribution in [1.82, 2.24) is 14.8 Å². The van der Waals surface area contributed by atoms with E-state index in [4.69, 9.17) is 16.4 Å². The zero-order valence-electron chi connectivity index (χ0n) is 11.4. The highest BCUT2D eigenvalue weighted by molar-refractivity contribution is 8.13. The maximum absolute atomic E-state index is 14.1. The molecule has 0 saturated heterocycles. The summed E-state index contributed by atoms with van der Waals surface area (Å²) in [5.41, 5.74) is 4.77. The molecule has 0 radical (unpaired) electrons. The molecule has 6 nitrogen and oxygen atoms in total. The Morgan fingerprint density at radius 1 is 1.35 bits per heavy atom. The summed E-state index contributed by atoms with van der Waals surface area (Å²) >= 11 is 0. The van der Waals surface area contributed by atoms with Gasteiger partial charge in [-0.15, -0.1) is 5.10 Å². The van der Waals surface area contributed by atoms with Gasteiger partial charge in [-0.25, -0.2) is 12.8 Å². The number of benzene rings is 1. The Morgan fingerprint density at radius 2 is 1.96 bits per heavy atom. The van der Waals surface area contributed by atoms with Crippen LogP contribution >= 0.6 is 10.7 Å². The SMILES string of the molecule is CCc1cc(F)c(-n2nc(C(F)(F)F)nc2N)cc1S(=O)(=O)Cl. The zero-order valence-corrected chi connectivity index (χ0v) is 13.0. The molecule has 1 aromatic heterocycles. The number of nitrogen functional groups attached to an aromatic ring is 1. The number of aromatic nitrogens is 3. The van der Waals surface area contributed by atoms with E-state index in [1.54, 1.807) is 6.92 Å². The van der Waals surface area contributed by atoms with Crippen LogP contribution in [0.1, 0.15) is 18.3 Å². The molecular formula is C11H9ClF4N4O2S. The molecule has 0 aliphatic rings. The second kappa shape index (κ2) is 5.64. The Balaban J connectivity index is 2.72. The summed E-state index contributed by atoms with van der Waals surface area (Å²) in [4.78, 5) is 2.55. The molecule has 0 saturated carbocycles. The van der Waals surface area contributed by atoms with E-state index >= 15 is 0 Å². The number of alkyl halides is 3. The first-order valence-corrected chi connectivity index (χ1v) is 8.33. The van der Waals surface area contributed by atoms with E-state index in [1.807, 2.05) is 0 Å². The first-order chi connectivity index (χ1) is 10.4. The van der Waals surface area contributed by atoms with Gasteiger partial charge in [-0.05, 0) is 24.1 Å². The average Bonchev–Trinajstić information content (AvgIpc) is 2.79. The van der Waals surface area contributed by atoms with Crippen molar-refractivity contribution in [1.29, 1.82) is 0 Å². The maximum Gasteiger partial charge on any atom is 0.453 e. The molecule has 0 aliphatic carbocycles. The summed E-state index contributed by atoms with van der Waals surface area (Å²) in [6.07, 6.45) is -4.75. The van der Waals surface area contributed by atoms with Gasteiger partial charge in [0.1, 0.15) is 11.5 Å². The Labute approximate surface area is 132 Å². The highest BCUT2D eigenvalue weighted by Gasteiger charge is 2.37. The number of halogens is 5. The first-order valence-electron chi connectivity index (χ1n) is 6.02. The molecule has 2 aromatic rings.